The zero-order chi connectivity index (χ0) is 16.1. The van der Waals surface area contributed by atoms with Crippen molar-refractivity contribution in [1.82, 2.24) is 0 Å². The molecule has 2 heteroatoms. The van der Waals surface area contributed by atoms with E-state index in [0.29, 0.717) is 0 Å². The van der Waals surface area contributed by atoms with Crippen molar-refractivity contribution in [2.75, 3.05) is 0 Å². The summed E-state index contributed by atoms with van der Waals surface area (Å²) in [6.45, 7) is 4.16. The van der Waals surface area contributed by atoms with Gasteiger partial charge in [-0.25, -0.2) is 0 Å². The second-order valence-electron chi connectivity index (χ2n) is 5.86. The molecule has 3 rings (SSSR count). The van der Waals surface area contributed by atoms with Gasteiger partial charge in [0, 0.05) is 6.07 Å². The molecule has 2 aromatic rings. The van der Waals surface area contributed by atoms with Crippen molar-refractivity contribution < 1.29 is 9.47 Å². The highest BCUT2D eigenvalue weighted by Gasteiger charge is 2.11. The van der Waals surface area contributed by atoms with E-state index in [1.54, 1.807) is 0 Å². The molecule has 0 unspecified atom stereocenters. The Kier molecular flexibility index (Phi) is 4.82. The number of hydrogen-bond acceptors (Lipinski definition) is 2. The van der Waals surface area contributed by atoms with Crippen molar-refractivity contribution in [3.8, 4) is 17.2 Å². The molecule has 0 saturated heterocycles. The van der Waals surface area contributed by atoms with Gasteiger partial charge in [-0.05, 0) is 56.5 Å². The summed E-state index contributed by atoms with van der Waals surface area (Å²) in [6.07, 6.45) is 8.69. The quantitative estimate of drug-likeness (QED) is 0.691. The molecule has 0 N–H and O–H groups in total. The fourth-order valence-electron chi connectivity index (χ4n) is 2.59. The number of rotatable bonds is 5. The average Bonchev–Trinajstić information content (AvgIpc) is 2.58. The first-order valence-corrected chi connectivity index (χ1v) is 8.07. The normalized spacial score (nSPS) is 15.0. The number of aryl methyl sites for hydroxylation is 1. The lowest BCUT2D eigenvalue weighted by Gasteiger charge is -2.19. The molecular weight excluding hydrogens is 284 g/mol. The van der Waals surface area contributed by atoms with Crippen LogP contribution in [0, 0.1) is 6.92 Å². The summed E-state index contributed by atoms with van der Waals surface area (Å²) in [5, 5.41) is 0. The van der Waals surface area contributed by atoms with Crippen LogP contribution in [0.25, 0.3) is 0 Å². The monoisotopic (exact) mass is 306 g/mol. The van der Waals surface area contributed by atoms with Gasteiger partial charge in [0.05, 0.1) is 0 Å². The largest absolute Gasteiger partial charge is 0.486 e. The molecule has 1 aliphatic carbocycles. The molecule has 0 bridgehead atoms. The van der Waals surface area contributed by atoms with Gasteiger partial charge in [-0.1, -0.05) is 42.0 Å². The van der Waals surface area contributed by atoms with Crippen LogP contribution in [0.2, 0.25) is 0 Å². The van der Waals surface area contributed by atoms with E-state index in [0.717, 1.165) is 30.1 Å². The van der Waals surface area contributed by atoms with E-state index < -0.39 is 0 Å². The van der Waals surface area contributed by atoms with E-state index in [1.807, 2.05) is 48.5 Å². The fraction of sp³-hybridized carbons (Fsp3) is 0.238. The van der Waals surface area contributed by atoms with E-state index in [9.17, 15) is 0 Å². The molecule has 0 heterocycles. The van der Waals surface area contributed by atoms with Crippen molar-refractivity contribution in [3.63, 3.8) is 0 Å². The Balaban J connectivity index is 1.68. The lowest BCUT2D eigenvalue weighted by atomic mass is 10.0. The predicted molar refractivity (Wildman–Crippen MR) is 94.2 cm³/mol. The van der Waals surface area contributed by atoms with E-state index in [4.69, 9.17) is 9.47 Å². The molecule has 0 fully saturated rings. The first-order chi connectivity index (χ1) is 11.2. The van der Waals surface area contributed by atoms with Crippen molar-refractivity contribution >= 4 is 0 Å². The minimum absolute atomic E-state index is 0.0783. The van der Waals surface area contributed by atoms with E-state index in [1.165, 1.54) is 11.1 Å². The molecule has 0 radical (unpaired) electrons. The van der Waals surface area contributed by atoms with Crippen LogP contribution >= 0.6 is 0 Å². The van der Waals surface area contributed by atoms with Crippen LogP contribution in [-0.2, 0) is 0 Å². The summed E-state index contributed by atoms with van der Waals surface area (Å²) >= 11 is 0. The number of allylic oxidation sites excluding steroid dienone is 3. The van der Waals surface area contributed by atoms with Crippen LogP contribution in [0.5, 0.6) is 17.2 Å². The standard InChI is InChI=1S/C21H22O2/c1-16-11-13-19(14-12-16)23-21-10-6-9-20(15-21)22-17(2)18-7-4-3-5-8-18/h3-4,6-7,9-15,17H,5,8H2,1-2H3/t17-/m1/s1. The highest BCUT2D eigenvalue weighted by Crippen LogP contribution is 2.27. The summed E-state index contributed by atoms with van der Waals surface area (Å²) in [7, 11) is 0. The maximum atomic E-state index is 6.07. The zero-order valence-electron chi connectivity index (χ0n) is 13.7. The van der Waals surface area contributed by atoms with Crippen LogP contribution in [-0.4, -0.2) is 6.10 Å². The number of benzene rings is 2. The summed E-state index contributed by atoms with van der Waals surface area (Å²) in [4.78, 5) is 0. The van der Waals surface area contributed by atoms with Crippen molar-refractivity contribution in [1.29, 1.82) is 0 Å². The molecule has 0 aromatic heterocycles. The van der Waals surface area contributed by atoms with Gasteiger partial charge in [0.2, 0.25) is 0 Å². The summed E-state index contributed by atoms with van der Waals surface area (Å²) in [5.41, 5.74) is 2.55. The van der Waals surface area contributed by atoms with Gasteiger partial charge >= 0.3 is 0 Å². The second-order valence-corrected chi connectivity index (χ2v) is 5.86. The topological polar surface area (TPSA) is 18.5 Å². The lowest BCUT2D eigenvalue weighted by Crippen LogP contribution is -2.15. The zero-order valence-corrected chi connectivity index (χ0v) is 13.7. The molecule has 2 nitrogen and oxygen atoms in total. The second kappa shape index (κ2) is 7.19. The summed E-state index contributed by atoms with van der Waals surface area (Å²) in [5.74, 6) is 2.45. The fourth-order valence-corrected chi connectivity index (χ4v) is 2.59. The first kappa shape index (κ1) is 15.4. The summed E-state index contributed by atoms with van der Waals surface area (Å²) in [6, 6.07) is 15.9. The molecule has 1 atom stereocenters. The third-order valence-corrected chi connectivity index (χ3v) is 3.94. The third-order valence-electron chi connectivity index (χ3n) is 3.94. The van der Waals surface area contributed by atoms with Crippen LogP contribution in [0.4, 0.5) is 0 Å². The molecule has 0 saturated carbocycles. The van der Waals surface area contributed by atoms with Gasteiger partial charge in [-0.3, -0.25) is 0 Å². The van der Waals surface area contributed by atoms with Crippen LogP contribution in [0.3, 0.4) is 0 Å². The van der Waals surface area contributed by atoms with Crippen molar-refractivity contribution in [2.24, 2.45) is 0 Å². The maximum Gasteiger partial charge on any atom is 0.131 e. The van der Waals surface area contributed by atoms with Gasteiger partial charge in [0.25, 0.3) is 0 Å². The molecule has 1 aliphatic rings. The van der Waals surface area contributed by atoms with Gasteiger partial charge in [-0.2, -0.15) is 0 Å². The Morgan fingerprint density at radius 1 is 0.957 bits per heavy atom. The smallest absolute Gasteiger partial charge is 0.131 e. The van der Waals surface area contributed by atoms with Crippen LogP contribution in [0.15, 0.2) is 72.3 Å². The van der Waals surface area contributed by atoms with Crippen molar-refractivity contribution in [2.45, 2.75) is 32.8 Å². The van der Waals surface area contributed by atoms with E-state index in [2.05, 4.69) is 32.1 Å². The molecular formula is C21H22O2. The first-order valence-electron chi connectivity index (χ1n) is 8.07. The van der Waals surface area contributed by atoms with E-state index in [-0.39, 0.29) is 6.10 Å². The minimum Gasteiger partial charge on any atom is -0.486 e. The Morgan fingerprint density at radius 3 is 2.48 bits per heavy atom. The van der Waals surface area contributed by atoms with Gasteiger partial charge in [0.1, 0.15) is 23.4 Å². The molecule has 0 amide bonds. The molecule has 118 valence electrons. The maximum absolute atomic E-state index is 6.07. The SMILES string of the molecule is Cc1ccc(Oc2cccc(O[C@H](C)C3=CC=CCC3)c2)cc1. The van der Waals surface area contributed by atoms with Gasteiger partial charge in [0.15, 0.2) is 0 Å². The molecule has 0 spiro atoms. The third kappa shape index (κ3) is 4.26. The highest BCUT2D eigenvalue weighted by atomic mass is 16.5. The van der Waals surface area contributed by atoms with Crippen molar-refractivity contribution in [3.05, 3.63) is 77.9 Å². The predicted octanol–water partition coefficient (Wildman–Crippen LogP) is 5.83. The Hall–Kier alpha value is -2.48. The Morgan fingerprint density at radius 2 is 1.74 bits per heavy atom. The molecule has 0 aliphatic heterocycles. The van der Waals surface area contributed by atoms with E-state index >= 15 is 0 Å². The Labute approximate surface area is 138 Å². The number of hydrogen-bond donors (Lipinski definition) is 0. The van der Waals surface area contributed by atoms with Crippen LogP contribution in [0.1, 0.15) is 25.3 Å². The Bertz CT molecular complexity index is 711. The summed E-state index contributed by atoms with van der Waals surface area (Å²) < 4.78 is 12.0. The average molecular weight is 306 g/mol. The van der Waals surface area contributed by atoms with Crippen LogP contribution < -0.4 is 9.47 Å². The highest BCUT2D eigenvalue weighted by molar-refractivity contribution is 5.38. The number of ether oxygens (including phenoxy) is 2. The lowest BCUT2D eigenvalue weighted by molar-refractivity contribution is 0.252. The minimum atomic E-state index is 0.0783. The molecule has 23 heavy (non-hydrogen) atoms. The molecule has 2 aromatic carbocycles. The van der Waals surface area contributed by atoms with Gasteiger partial charge < -0.3 is 9.47 Å². The van der Waals surface area contributed by atoms with Gasteiger partial charge in [-0.15, -0.1) is 0 Å².